The van der Waals surface area contributed by atoms with Crippen molar-refractivity contribution in [1.29, 1.82) is 0 Å². The van der Waals surface area contributed by atoms with Crippen molar-refractivity contribution < 1.29 is 13.2 Å². The van der Waals surface area contributed by atoms with Crippen LogP contribution in [-0.2, 0) is 21.9 Å². The van der Waals surface area contributed by atoms with Crippen molar-refractivity contribution in [2.45, 2.75) is 36.7 Å². The smallest absolute Gasteiger partial charge is 0.244 e. The van der Waals surface area contributed by atoms with Gasteiger partial charge in [0.25, 0.3) is 0 Å². The van der Waals surface area contributed by atoms with Crippen LogP contribution in [0.5, 0.6) is 0 Å². The van der Waals surface area contributed by atoms with Crippen molar-refractivity contribution >= 4 is 15.9 Å². The Balaban J connectivity index is 1.86. The first-order chi connectivity index (χ1) is 9.88. The third-order valence-corrected chi connectivity index (χ3v) is 4.88. The number of aromatic nitrogens is 2. The molecule has 1 aromatic heterocycles. The summed E-state index contributed by atoms with van der Waals surface area (Å²) >= 11 is 0. The van der Waals surface area contributed by atoms with E-state index in [-0.39, 0.29) is 29.4 Å². The molecule has 0 aromatic carbocycles. The summed E-state index contributed by atoms with van der Waals surface area (Å²) in [6.45, 7) is 2.67. The number of piperidine rings is 1. The molecule has 0 aliphatic carbocycles. The summed E-state index contributed by atoms with van der Waals surface area (Å²) in [6, 6.07) is 0.228. The lowest BCUT2D eigenvalue weighted by Crippen LogP contribution is -2.53. The van der Waals surface area contributed by atoms with Gasteiger partial charge in [0.15, 0.2) is 0 Å². The number of rotatable bonds is 5. The quantitative estimate of drug-likeness (QED) is 0.643. The fourth-order valence-corrected chi connectivity index (χ4v) is 3.25. The number of amides is 1. The van der Waals surface area contributed by atoms with E-state index in [1.807, 2.05) is 6.92 Å². The lowest BCUT2D eigenvalue weighted by Gasteiger charge is -2.30. The predicted molar refractivity (Wildman–Crippen MR) is 77.0 cm³/mol. The normalized spacial score (nSPS) is 23.0. The third-order valence-electron chi connectivity index (χ3n) is 3.52. The highest BCUT2D eigenvalue weighted by Gasteiger charge is 2.23. The van der Waals surface area contributed by atoms with Crippen LogP contribution in [0.3, 0.4) is 0 Å². The number of nitrogens with one attached hydrogen (secondary N) is 3. The van der Waals surface area contributed by atoms with Crippen LogP contribution in [0.2, 0.25) is 0 Å². The molecule has 0 saturated carbocycles. The highest BCUT2D eigenvalue weighted by molar-refractivity contribution is 7.89. The second-order valence-electron chi connectivity index (χ2n) is 5.23. The van der Waals surface area contributed by atoms with Crippen LogP contribution >= 0.6 is 0 Å². The van der Waals surface area contributed by atoms with Gasteiger partial charge in [-0.05, 0) is 26.3 Å². The van der Waals surface area contributed by atoms with E-state index in [1.54, 1.807) is 7.05 Å². The lowest BCUT2D eigenvalue weighted by molar-refractivity contribution is -0.121. The average Bonchev–Trinajstić information content (AvgIpc) is 2.87. The van der Waals surface area contributed by atoms with Crippen LogP contribution in [-0.4, -0.2) is 49.3 Å². The minimum absolute atomic E-state index is 0.0362. The average molecular weight is 315 g/mol. The van der Waals surface area contributed by atoms with E-state index in [0.29, 0.717) is 0 Å². The summed E-state index contributed by atoms with van der Waals surface area (Å²) < 4.78 is 27.6. The minimum Gasteiger partial charge on any atom is -0.351 e. The van der Waals surface area contributed by atoms with Crippen molar-refractivity contribution in [3.05, 3.63) is 12.4 Å². The molecular formula is C12H21N5O3S. The maximum absolute atomic E-state index is 11.9. The number of nitrogens with zero attached hydrogens (tertiary/aromatic N) is 2. The Bertz CT molecular complexity index is 598. The molecule has 2 rings (SSSR count). The number of carbonyl (C=O) groups is 1. The minimum atomic E-state index is -3.70. The topological polar surface area (TPSA) is 105 Å². The maximum atomic E-state index is 11.9. The summed E-state index contributed by atoms with van der Waals surface area (Å²) in [7, 11) is -2.07. The molecule has 2 unspecified atom stereocenters. The molecule has 0 spiro atoms. The zero-order chi connectivity index (χ0) is 15.5. The van der Waals surface area contributed by atoms with E-state index in [9.17, 15) is 13.2 Å². The number of hydrogen-bond donors (Lipinski definition) is 3. The Morgan fingerprint density at radius 2 is 2.33 bits per heavy atom. The fraction of sp³-hybridized carbons (Fsp3) is 0.667. The first-order valence-corrected chi connectivity index (χ1v) is 8.38. The van der Waals surface area contributed by atoms with Gasteiger partial charge >= 0.3 is 0 Å². The molecule has 1 aromatic rings. The summed E-state index contributed by atoms with van der Waals surface area (Å²) in [5.74, 6) is -0.331. The van der Waals surface area contributed by atoms with E-state index < -0.39 is 10.0 Å². The fourth-order valence-electron chi connectivity index (χ4n) is 2.28. The highest BCUT2D eigenvalue weighted by Crippen LogP contribution is 2.08. The SMILES string of the molecule is CC1NCCCC1NC(=O)CNS(=O)(=O)c1cnn(C)c1. The molecule has 1 saturated heterocycles. The number of carbonyl (C=O) groups excluding carboxylic acids is 1. The van der Waals surface area contributed by atoms with E-state index in [2.05, 4.69) is 20.5 Å². The van der Waals surface area contributed by atoms with Crippen LogP contribution < -0.4 is 15.4 Å². The Labute approximate surface area is 124 Å². The van der Waals surface area contributed by atoms with Crippen molar-refractivity contribution in [3.8, 4) is 0 Å². The second kappa shape index (κ2) is 6.54. The molecule has 9 heteroatoms. The van der Waals surface area contributed by atoms with E-state index in [0.717, 1.165) is 19.4 Å². The molecule has 0 radical (unpaired) electrons. The number of aryl methyl sites for hydroxylation is 1. The van der Waals surface area contributed by atoms with Crippen LogP contribution in [0.1, 0.15) is 19.8 Å². The van der Waals surface area contributed by atoms with Gasteiger partial charge < -0.3 is 10.6 Å². The second-order valence-corrected chi connectivity index (χ2v) is 7.00. The molecule has 0 bridgehead atoms. The van der Waals surface area contributed by atoms with E-state index in [4.69, 9.17) is 0 Å². The van der Waals surface area contributed by atoms with Gasteiger partial charge in [0.1, 0.15) is 4.90 Å². The Hall–Kier alpha value is -1.45. The first-order valence-electron chi connectivity index (χ1n) is 6.89. The van der Waals surface area contributed by atoms with Crippen LogP contribution in [0.4, 0.5) is 0 Å². The molecular weight excluding hydrogens is 294 g/mol. The van der Waals surface area contributed by atoms with Gasteiger partial charge in [-0.2, -0.15) is 5.10 Å². The lowest BCUT2D eigenvalue weighted by atomic mass is 10.00. The number of sulfonamides is 1. The summed E-state index contributed by atoms with van der Waals surface area (Å²) in [4.78, 5) is 11.9. The van der Waals surface area contributed by atoms with Gasteiger partial charge in [-0.25, -0.2) is 13.1 Å². The van der Waals surface area contributed by atoms with Gasteiger partial charge in [0.05, 0.1) is 12.7 Å². The van der Waals surface area contributed by atoms with Gasteiger partial charge in [0, 0.05) is 25.3 Å². The van der Waals surface area contributed by atoms with Gasteiger partial charge in [-0.15, -0.1) is 0 Å². The highest BCUT2D eigenvalue weighted by atomic mass is 32.2. The molecule has 21 heavy (non-hydrogen) atoms. The summed E-state index contributed by atoms with van der Waals surface area (Å²) in [6.07, 6.45) is 4.52. The third kappa shape index (κ3) is 4.26. The van der Waals surface area contributed by atoms with E-state index >= 15 is 0 Å². The molecule has 3 N–H and O–H groups in total. The monoisotopic (exact) mass is 315 g/mol. The maximum Gasteiger partial charge on any atom is 0.244 e. The molecule has 118 valence electrons. The molecule has 2 heterocycles. The van der Waals surface area contributed by atoms with Crippen LogP contribution in [0.25, 0.3) is 0 Å². The summed E-state index contributed by atoms with van der Waals surface area (Å²) in [5.41, 5.74) is 0. The largest absolute Gasteiger partial charge is 0.351 e. The Kier molecular flexibility index (Phi) is 4.96. The molecule has 1 fully saturated rings. The van der Waals surface area contributed by atoms with Gasteiger partial charge in [0.2, 0.25) is 15.9 Å². The van der Waals surface area contributed by atoms with Crippen LogP contribution in [0.15, 0.2) is 17.3 Å². The van der Waals surface area contributed by atoms with E-state index in [1.165, 1.54) is 17.1 Å². The number of hydrogen-bond acceptors (Lipinski definition) is 5. The van der Waals surface area contributed by atoms with Crippen molar-refractivity contribution in [3.63, 3.8) is 0 Å². The van der Waals surface area contributed by atoms with Gasteiger partial charge in [-0.3, -0.25) is 9.48 Å². The summed E-state index contributed by atoms with van der Waals surface area (Å²) in [5, 5.41) is 9.92. The zero-order valence-corrected chi connectivity index (χ0v) is 13.0. The Morgan fingerprint density at radius 1 is 1.57 bits per heavy atom. The van der Waals surface area contributed by atoms with Crippen molar-refractivity contribution in [2.75, 3.05) is 13.1 Å². The molecule has 1 aliphatic heterocycles. The Morgan fingerprint density at radius 3 is 2.95 bits per heavy atom. The predicted octanol–water partition coefficient (Wildman–Crippen LogP) is -1.04. The van der Waals surface area contributed by atoms with Crippen molar-refractivity contribution in [1.82, 2.24) is 25.1 Å². The van der Waals surface area contributed by atoms with Crippen LogP contribution in [0, 0.1) is 0 Å². The molecule has 1 aliphatic rings. The van der Waals surface area contributed by atoms with Gasteiger partial charge in [-0.1, -0.05) is 0 Å². The van der Waals surface area contributed by atoms with Crippen molar-refractivity contribution in [2.24, 2.45) is 7.05 Å². The molecule has 1 amide bonds. The molecule has 8 nitrogen and oxygen atoms in total. The standard InChI is InChI=1S/C12H21N5O3S/c1-9-11(4-3-5-13-9)16-12(18)7-15-21(19,20)10-6-14-17(2)8-10/h6,8-9,11,13,15H,3-5,7H2,1-2H3,(H,16,18). The zero-order valence-electron chi connectivity index (χ0n) is 12.2. The molecule has 2 atom stereocenters. The first kappa shape index (κ1) is 15.9.